The third kappa shape index (κ3) is 5.43. The van der Waals surface area contributed by atoms with Gasteiger partial charge in [-0.15, -0.1) is 0 Å². The summed E-state index contributed by atoms with van der Waals surface area (Å²) in [6.45, 7) is 6.92. The molecule has 35 heavy (non-hydrogen) atoms. The Morgan fingerprint density at radius 3 is 2.06 bits per heavy atom. The van der Waals surface area contributed by atoms with E-state index in [1.54, 1.807) is 0 Å². The van der Waals surface area contributed by atoms with Crippen molar-refractivity contribution in [1.29, 1.82) is 0 Å². The Morgan fingerprint density at radius 2 is 1.40 bits per heavy atom. The van der Waals surface area contributed by atoms with Gasteiger partial charge in [0.2, 0.25) is 0 Å². The summed E-state index contributed by atoms with van der Waals surface area (Å²) in [5, 5.41) is 1.88. The van der Waals surface area contributed by atoms with Crippen molar-refractivity contribution in [3.63, 3.8) is 0 Å². The van der Waals surface area contributed by atoms with Gasteiger partial charge in [-0.2, -0.15) is 12.6 Å². The fourth-order valence-electron chi connectivity index (χ4n) is 4.96. The number of carbonyl (C=O) groups is 2. The maximum atomic E-state index is 13.1. The largest absolute Gasteiger partial charge is 0.376 e. The van der Waals surface area contributed by atoms with Gasteiger partial charge in [-0.05, 0) is 23.1 Å². The molecule has 6 nitrogen and oxygen atoms in total. The number of nitrogens with zero attached hydrogens (tertiary/aromatic N) is 3. The number of benzene rings is 3. The van der Waals surface area contributed by atoms with Gasteiger partial charge in [0.1, 0.15) is 0 Å². The molecule has 5 rings (SSSR count). The van der Waals surface area contributed by atoms with Crippen LogP contribution in [0.1, 0.15) is 26.3 Å². The number of rotatable bonds is 9. The zero-order valence-corrected chi connectivity index (χ0v) is 20.7. The molecule has 1 fully saturated rings. The molecule has 2 aliphatic rings. The molecule has 3 aromatic carbocycles. The maximum Gasteiger partial charge on any atom is 0.261 e. The molecule has 0 aromatic heterocycles. The van der Waals surface area contributed by atoms with Crippen LogP contribution in [0, 0.1) is 0 Å². The van der Waals surface area contributed by atoms with Crippen molar-refractivity contribution in [2.24, 2.45) is 0 Å². The monoisotopic (exact) mass is 489 g/mol. The SMILES string of the molecule is O=C1c2cccc3cccc(c23)C(=O)N1CCN1CCN(C[C@@H](S)COCc2ccccc2)CC1. The molecular weight excluding hydrogens is 458 g/mol. The summed E-state index contributed by atoms with van der Waals surface area (Å²) in [6.07, 6.45) is 0. The van der Waals surface area contributed by atoms with E-state index in [1.807, 2.05) is 54.6 Å². The van der Waals surface area contributed by atoms with Gasteiger partial charge in [0.25, 0.3) is 11.8 Å². The first-order valence-corrected chi connectivity index (χ1v) is 12.7. The first-order chi connectivity index (χ1) is 17.1. The molecule has 1 atom stereocenters. The van der Waals surface area contributed by atoms with E-state index in [9.17, 15) is 9.59 Å². The fraction of sp³-hybridized carbons (Fsp3) is 0.357. The van der Waals surface area contributed by atoms with Gasteiger partial charge >= 0.3 is 0 Å². The molecule has 2 heterocycles. The Morgan fingerprint density at radius 1 is 0.771 bits per heavy atom. The van der Waals surface area contributed by atoms with Crippen LogP contribution in [-0.2, 0) is 11.3 Å². The number of thiol groups is 1. The van der Waals surface area contributed by atoms with Gasteiger partial charge in [-0.25, -0.2) is 0 Å². The maximum absolute atomic E-state index is 13.1. The quantitative estimate of drug-likeness (QED) is 0.368. The molecule has 0 aliphatic carbocycles. The Hall–Kier alpha value is -2.71. The molecule has 0 unspecified atom stereocenters. The Kier molecular flexibility index (Phi) is 7.48. The number of hydrogen-bond acceptors (Lipinski definition) is 6. The summed E-state index contributed by atoms with van der Waals surface area (Å²) in [5.41, 5.74) is 2.42. The first kappa shape index (κ1) is 24.0. The molecule has 2 aliphatic heterocycles. The molecule has 0 bridgehead atoms. The van der Waals surface area contributed by atoms with E-state index >= 15 is 0 Å². The van der Waals surface area contributed by atoms with Gasteiger partial charge in [0.15, 0.2) is 0 Å². The van der Waals surface area contributed by atoms with Crippen LogP contribution in [0.2, 0.25) is 0 Å². The summed E-state index contributed by atoms with van der Waals surface area (Å²) < 4.78 is 5.83. The topological polar surface area (TPSA) is 53.1 Å². The van der Waals surface area contributed by atoms with Gasteiger partial charge in [0, 0.05) is 67.6 Å². The highest BCUT2D eigenvalue weighted by atomic mass is 32.1. The van der Waals surface area contributed by atoms with Crippen LogP contribution in [0.5, 0.6) is 0 Å². The Balaban J connectivity index is 1.07. The van der Waals surface area contributed by atoms with Crippen LogP contribution in [-0.4, -0.2) is 84.2 Å². The second-order valence-corrected chi connectivity index (χ2v) is 10.00. The lowest BCUT2D eigenvalue weighted by molar-refractivity contribution is 0.0568. The highest BCUT2D eigenvalue weighted by Gasteiger charge is 2.32. The minimum atomic E-state index is -0.189. The molecule has 0 N–H and O–H groups in total. The van der Waals surface area contributed by atoms with E-state index in [0.717, 1.165) is 43.5 Å². The zero-order chi connectivity index (χ0) is 24.2. The van der Waals surface area contributed by atoms with E-state index in [2.05, 4.69) is 21.9 Å². The summed E-state index contributed by atoms with van der Waals surface area (Å²) >= 11 is 4.72. The number of imide groups is 1. The molecule has 0 saturated carbocycles. The van der Waals surface area contributed by atoms with Crippen LogP contribution in [0.25, 0.3) is 10.8 Å². The number of amides is 2. The van der Waals surface area contributed by atoms with Crippen LogP contribution in [0.15, 0.2) is 66.7 Å². The van der Waals surface area contributed by atoms with Crippen molar-refractivity contribution in [2.75, 3.05) is 52.4 Å². The van der Waals surface area contributed by atoms with Crippen LogP contribution in [0.4, 0.5) is 0 Å². The number of piperazine rings is 1. The van der Waals surface area contributed by atoms with Crippen molar-refractivity contribution >= 4 is 35.2 Å². The molecule has 0 radical (unpaired) electrons. The summed E-state index contributed by atoms with van der Waals surface area (Å²) in [7, 11) is 0. The summed E-state index contributed by atoms with van der Waals surface area (Å²) in [5.74, 6) is -0.377. The third-order valence-electron chi connectivity index (χ3n) is 6.85. The highest BCUT2D eigenvalue weighted by molar-refractivity contribution is 7.81. The van der Waals surface area contributed by atoms with E-state index < -0.39 is 0 Å². The lowest BCUT2D eigenvalue weighted by Gasteiger charge is -2.37. The summed E-state index contributed by atoms with van der Waals surface area (Å²) in [4.78, 5) is 32.3. The normalized spacial score (nSPS) is 17.8. The lowest BCUT2D eigenvalue weighted by atomic mass is 9.94. The van der Waals surface area contributed by atoms with Gasteiger partial charge in [-0.3, -0.25) is 24.3 Å². The number of ether oxygens (including phenoxy) is 1. The van der Waals surface area contributed by atoms with Gasteiger partial charge in [-0.1, -0.05) is 54.6 Å². The van der Waals surface area contributed by atoms with Crippen LogP contribution in [0.3, 0.4) is 0 Å². The third-order valence-corrected chi connectivity index (χ3v) is 7.16. The van der Waals surface area contributed by atoms with Crippen LogP contribution >= 0.6 is 12.6 Å². The number of carbonyl (C=O) groups excluding carboxylic acids is 2. The predicted molar refractivity (Wildman–Crippen MR) is 141 cm³/mol. The second kappa shape index (κ2) is 10.9. The van der Waals surface area contributed by atoms with Gasteiger partial charge < -0.3 is 4.74 Å². The predicted octanol–water partition coefficient (Wildman–Crippen LogP) is 3.57. The van der Waals surface area contributed by atoms with Crippen molar-refractivity contribution in [3.05, 3.63) is 83.4 Å². The molecule has 2 amide bonds. The average Bonchev–Trinajstić information content (AvgIpc) is 2.88. The lowest BCUT2D eigenvalue weighted by Crippen LogP contribution is -2.51. The van der Waals surface area contributed by atoms with Crippen molar-refractivity contribution in [1.82, 2.24) is 14.7 Å². The van der Waals surface area contributed by atoms with E-state index in [-0.39, 0.29) is 17.1 Å². The van der Waals surface area contributed by atoms with Crippen molar-refractivity contribution < 1.29 is 14.3 Å². The van der Waals surface area contributed by atoms with E-state index in [0.29, 0.717) is 37.4 Å². The van der Waals surface area contributed by atoms with Crippen molar-refractivity contribution in [3.8, 4) is 0 Å². The molecular formula is C28H31N3O3S. The zero-order valence-electron chi connectivity index (χ0n) is 19.8. The highest BCUT2D eigenvalue weighted by Crippen LogP contribution is 2.29. The Labute approximate surface area is 211 Å². The van der Waals surface area contributed by atoms with E-state index in [1.165, 1.54) is 10.5 Å². The molecule has 0 spiro atoms. The molecule has 3 aromatic rings. The minimum absolute atomic E-state index is 0.164. The standard InChI is InChI=1S/C28H31N3O3S/c32-27-24-10-4-8-22-9-5-11-25(26(22)24)28(33)31(27)17-16-29-12-14-30(15-13-29)18-23(35)20-34-19-21-6-2-1-3-7-21/h1-11,23,35H,12-20H2/t23-/m1/s1. The fourth-order valence-corrected chi connectivity index (χ4v) is 5.29. The first-order valence-electron chi connectivity index (χ1n) is 12.2. The second-order valence-electron chi connectivity index (χ2n) is 9.27. The Bertz CT molecular complexity index is 1140. The smallest absolute Gasteiger partial charge is 0.261 e. The summed E-state index contributed by atoms with van der Waals surface area (Å²) in [6, 6.07) is 21.5. The minimum Gasteiger partial charge on any atom is -0.376 e. The average molecular weight is 490 g/mol. The van der Waals surface area contributed by atoms with Crippen LogP contribution < -0.4 is 0 Å². The number of hydrogen-bond donors (Lipinski definition) is 1. The molecule has 182 valence electrons. The van der Waals surface area contributed by atoms with E-state index in [4.69, 9.17) is 17.4 Å². The van der Waals surface area contributed by atoms with Crippen molar-refractivity contribution in [2.45, 2.75) is 11.9 Å². The molecule has 1 saturated heterocycles. The molecule has 7 heteroatoms. The van der Waals surface area contributed by atoms with Gasteiger partial charge in [0.05, 0.1) is 13.2 Å².